The molecule has 0 fully saturated rings. The lowest BCUT2D eigenvalue weighted by atomic mass is 10.0. The van der Waals surface area contributed by atoms with Crippen LogP contribution in [0, 0.1) is 13.1 Å². The van der Waals surface area contributed by atoms with E-state index in [1.807, 2.05) is 24.3 Å². The van der Waals surface area contributed by atoms with E-state index in [9.17, 15) is 0 Å². The topological polar surface area (TPSA) is 23.5 Å². The summed E-state index contributed by atoms with van der Waals surface area (Å²) in [5.74, 6) is 0. The zero-order valence-corrected chi connectivity index (χ0v) is 29.5. The van der Waals surface area contributed by atoms with Gasteiger partial charge < -0.3 is 13.7 Å². The van der Waals surface area contributed by atoms with E-state index in [1.54, 1.807) is 0 Å². The van der Waals surface area contributed by atoms with Crippen LogP contribution in [0.3, 0.4) is 0 Å². The summed E-state index contributed by atoms with van der Waals surface area (Å²) in [5, 5.41) is 6.88. The zero-order valence-electron chi connectivity index (χ0n) is 29.5. The summed E-state index contributed by atoms with van der Waals surface area (Å²) >= 11 is 0. The predicted octanol–water partition coefficient (Wildman–Crippen LogP) is 13.7. The number of fused-ring (bicyclic) bond motifs is 9. The van der Waals surface area contributed by atoms with Crippen molar-refractivity contribution in [2.24, 2.45) is 0 Å². The average Bonchev–Trinajstić information content (AvgIpc) is 3.89. The average molecular weight is 700 g/mol. The first-order valence-electron chi connectivity index (χ1n) is 18.3. The first-order chi connectivity index (χ1) is 27.2. The molecule has 0 spiro atoms. The maximum Gasteiger partial charge on any atom is 0.189 e. The third kappa shape index (κ3) is 4.51. The molecule has 55 heavy (non-hydrogen) atoms. The summed E-state index contributed by atoms with van der Waals surface area (Å²) in [4.78, 5) is 7.79. The monoisotopic (exact) mass is 699 g/mol. The normalized spacial score (nSPS) is 11.6. The number of benzene rings is 8. The second kappa shape index (κ2) is 11.8. The van der Waals surface area contributed by atoms with Gasteiger partial charge in [-0.1, -0.05) is 97.1 Å². The maximum absolute atomic E-state index is 8.09. The lowest BCUT2D eigenvalue weighted by molar-refractivity contribution is 1.17. The van der Waals surface area contributed by atoms with Gasteiger partial charge in [0.15, 0.2) is 11.4 Å². The molecule has 0 atom stereocenters. The van der Waals surface area contributed by atoms with E-state index in [-0.39, 0.29) is 0 Å². The highest BCUT2D eigenvalue weighted by molar-refractivity contribution is 6.17. The van der Waals surface area contributed by atoms with Gasteiger partial charge in [-0.05, 0) is 95.4 Å². The van der Waals surface area contributed by atoms with E-state index < -0.39 is 0 Å². The zero-order chi connectivity index (χ0) is 36.6. The van der Waals surface area contributed by atoms with Crippen LogP contribution < -0.4 is 0 Å². The molecular formula is C50H29N5. The second-order valence-corrected chi connectivity index (χ2v) is 14.0. The van der Waals surface area contributed by atoms with Crippen LogP contribution in [0.25, 0.3) is 103 Å². The lowest BCUT2D eigenvalue weighted by Crippen LogP contribution is -1.97. The summed E-state index contributed by atoms with van der Waals surface area (Å²) in [6.07, 6.45) is 0. The van der Waals surface area contributed by atoms with Crippen LogP contribution in [0.1, 0.15) is 0 Å². The summed E-state index contributed by atoms with van der Waals surface area (Å²) in [7, 11) is 0. The molecule has 3 aromatic heterocycles. The molecule has 3 heterocycles. The van der Waals surface area contributed by atoms with Crippen LogP contribution >= 0.6 is 0 Å². The van der Waals surface area contributed by atoms with E-state index in [2.05, 4.69) is 175 Å². The van der Waals surface area contributed by atoms with Crippen molar-refractivity contribution in [3.8, 4) is 28.2 Å². The lowest BCUT2D eigenvalue weighted by Gasteiger charge is -2.14. The largest absolute Gasteiger partial charge is 0.310 e. The molecule has 5 nitrogen and oxygen atoms in total. The molecule has 0 amide bonds. The summed E-state index contributed by atoms with van der Waals surface area (Å²) in [6.45, 7) is 16.0. The molecular weight excluding hydrogens is 671 g/mol. The number of nitrogens with zero attached hydrogens (tertiary/aromatic N) is 5. The number of para-hydroxylation sites is 4. The van der Waals surface area contributed by atoms with Gasteiger partial charge in [0.05, 0.1) is 51.9 Å². The van der Waals surface area contributed by atoms with E-state index >= 15 is 0 Å². The quantitative estimate of drug-likeness (QED) is 0.163. The molecule has 0 aliphatic heterocycles. The Bertz CT molecular complexity index is 3360. The minimum absolute atomic E-state index is 0.583. The van der Waals surface area contributed by atoms with Gasteiger partial charge in [0.2, 0.25) is 0 Å². The number of aromatic nitrogens is 3. The van der Waals surface area contributed by atoms with E-state index in [0.29, 0.717) is 11.4 Å². The fourth-order valence-corrected chi connectivity index (χ4v) is 8.74. The Hall–Kier alpha value is -7.86. The molecule has 0 aliphatic rings. The molecule has 0 bridgehead atoms. The van der Waals surface area contributed by atoms with Crippen molar-refractivity contribution < 1.29 is 0 Å². The molecule has 11 aromatic rings. The van der Waals surface area contributed by atoms with Gasteiger partial charge >= 0.3 is 0 Å². The SMILES string of the molecule is [C-]#[N+]c1cc(-c2cccc(-n3c4ccc([N+]#[C-])cc4c4c(-n5c6ccccc6c6ccccc65)cccc43)c2)cc(-n2c3ccccc3c3ccccc32)c1. The molecule has 5 heteroatoms. The fourth-order valence-electron chi connectivity index (χ4n) is 8.74. The van der Waals surface area contributed by atoms with Gasteiger partial charge in [-0.3, -0.25) is 0 Å². The first-order valence-corrected chi connectivity index (χ1v) is 18.3. The molecule has 8 aromatic carbocycles. The van der Waals surface area contributed by atoms with Crippen LogP contribution in [-0.2, 0) is 0 Å². The van der Waals surface area contributed by atoms with Crippen LogP contribution in [0.4, 0.5) is 11.4 Å². The molecule has 11 rings (SSSR count). The van der Waals surface area contributed by atoms with Crippen molar-refractivity contribution in [2.75, 3.05) is 0 Å². The summed E-state index contributed by atoms with van der Waals surface area (Å²) < 4.78 is 6.94. The third-order valence-electron chi connectivity index (χ3n) is 11.0. The first kappa shape index (κ1) is 30.7. The van der Waals surface area contributed by atoms with Crippen molar-refractivity contribution in [2.45, 2.75) is 0 Å². The van der Waals surface area contributed by atoms with E-state index in [1.165, 1.54) is 21.5 Å². The number of hydrogen-bond acceptors (Lipinski definition) is 0. The Morgan fingerprint density at radius 3 is 1.45 bits per heavy atom. The molecule has 0 aliphatic carbocycles. The van der Waals surface area contributed by atoms with Crippen molar-refractivity contribution in [1.29, 1.82) is 0 Å². The number of hydrogen-bond donors (Lipinski definition) is 0. The van der Waals surface area contributed by atoms with Gasteiger partial charge in [-0.25, -0.2) is 9.69 Å². The molecule has 0 unspecified atom stereocenters. The standard InChI is InChI=1S/C50H29N5/c1-51-34-25-26-47-42(31-34)50-48(23-12-24-49(50)55-45-21-9-5-17-40(45)41-18-6-10-22-46(41)55)53(47)36-14-11-13-32(28-36)33-27-35(52-2)30-37(29-33)54-43-19-7-3-15-38(43)39-16-4-8-20-44(39)54/h3-31H. The Balaban J connectivity index is 1.15. The Kier molecular flexibility index (Phi) is 6.61. The second-order valence-electron chi connectivity index (χ2n) is 14.0. The maximum atomic E-state index is 8.09. The molecule has 0 saturated carbocycles. The van der Waals surface area contributed by atoms with Crippen molar-refractivity contribution in [1.82, 2.24) is 13.7 Å². The van der Waals surface area contributed by atoms with Gasteiger partial charge in [-0.15, -0.1) is 0 Å². The Morgan fingerprint density at radius 2 is 0.836 bits per heavy atom. The molecule has 254 valence electrons. The van der Waals surface area contributed by atoms with Crippen LogP contribution in [0.15, 0.2) is 176 Å². The Morgan fingerprint density at radius 1 is 0.327 bits per heavy atom. The minimum atomic E-state index is 0.583. The highest BCUT2D eigenvalue weighted by Crippen LogP contribution is 2.42. The van der Waals surface area contributed by atoms with Gasteiger partial charge in [0.1, 0.15) is 0 Å². The Labute approximate surface area is 316 Å². The van der Waals surface area contributed by atoms with Crippen molar-refractivity contribution in [3.05, 3.63) is 199 Å². The highest BCUT2D eigenvalue weighted by Gasteiger charge is 2.20. The van der Waals surface area contributed by atoms with E-state index in [4.69, 9.17) is 13.1 Å². The summed E-state index contributed by atoms with van der Waals surface area (Å²) in [5.41, 5.74) is 12.7. The minimum Gasteiger partial charge on any atom is -0.310 e. The predicted molar refractivity (Wildman–Crippen MR) is 227 cm³/mol. The van der Waals surface area contributed by atoms with Crippen molar-refractivity contribution in [3.63, 3.8) is 0 Å². The smallest absolute Gasteiger partial charge is 0.189 e. The highest BCUT2D eigenvalue weighted by atomic mass is 15.0. The van der Waals surface area contributed by atoms with Crippen molar-refractivity contribution >= 4 is 76.8 Å². The molecule has 0 saturated heterocycles. The molecule has 0 N–H and O–H groups in total. The fraction of sp³-hybridized carbons (Fsp3) is 0. The van der Waals surface area contributed by atoms with Gasteiger partial charge in [0, 0.05) is 38.3 Å². The van der Waals surface area contributed by atoms with Crippen LogP contribution in [-0.4, -0.2) is 13.7 Å². The summed E-state index contributed by atoms with van der Waals surface area (Å²) in [6, 6.07) is 61.3. The van der Waals surface area contributed by atoms with Crippen LogP contribution in [0.2, 0.25) is 0 Å². The van der Waals surface area contributed by atoms with Crippen LogP contribution in [0.5, 0.6) is 0 Å². The van der Waals surface area contributed by atoms with Gasteiger partial charge in [-0.2, -0.15) is 0 Å². The van der Waals surface area contributed by atoms with Gasteiger partial charge in [0.25, 0.3) is 0 Å². The van der Waals surface area contributed by atoms with E-state index in [0.717, 1.165) is 72.1 Å². The molecule has 0 radical (unpaired) electrons. The third-order valence-corrected chi connectivity index (χ3v) is 11.0. The number of rotatable bonds is 4.